The normalized spacial score (nSPS) is 12.4. The first-order valence-electron chi connectivity index (χ1n) is 17.0. The molecule has 0 aromatic carbocycles. The van der Waals surface area contributed by atoms with Crippen molar-refractivity contribution in [3.63, 3.8) is 0 Å². The third-order valence-corrected chi connectivity index (χ3v) is 5.77. The number of methoxy groups -OCH3 is 1. The largest absolute Gasteiger partial charge is 0.382 e. The number of rotatable bonds is 35. The topological polar surface area (TPSA) is 102 Å². The monoisotopic (exact) mass is 691 g/mol. The van der Waals surface area contributed by atoms with Crippen LogP contribution in [0.1, 0.15) is 6.42 Å². The zero-order valence-corrected chi connectivity index (χ0v) is 32.1. The Labute approximate surface area is 288 Å². The molecule has 286 valence electrons. The van der Waals surface area contributed by atoms with Crippen LogP contribution in [0.2, 0.25) is 0 Å². The highest BCUT2D eigenvalue weighted by atomic mass is 16.7. The van der Waals surface area contributed by atoms with Crippen molar-refractivity contribution in [2.24, 2.45) is 0 Å². The summed E-state index contributed by atoms with van der Waals surface area (Å²) in [5.74, 6) is 0. The maximum atomic E-state index is 5.50. The zero-order valence-electron chi connectivity index (χ0n) is 32.1. The Balaban J connectivity index is 0. The fraction of sp³-hybridized carbons (Fsp3) is 1.00. The summed E-state index contributed by atoms with van der Waals surface area (Å²) in [6.07, 6.45) is 1.31. The summed E-state index contributed by atoms with van der Waals surface area (Å²) in [6.45, 7) is 13.4. The lowest BCUT2D eigenvalue weighted by molar-refractivity contribution is -1.06. The van der Waals surface area contributed by atoms with Crippen molar-refractivity contribution in [3.8, 4) is 0 Å². The fourth-order valence-electron chi connectivity index (χ4n) is 3.39. The molecule has 0 fully saturated rings. The predicted octanol–water partition coefficient (Wildman–Crippen LogP) is 1.21. The fourth-order valence-corrected chi connectivity index (χ4v) is 3.39. The molecule has 0 N–H and O–H groups in total. The summed E-state index contributed by atoms with van der Waals surface area (Å²) in [7, 11) is 21.0. The van der Waals surface area contributed by atoms with Gasteiger partial charge in [0.15, 0.2) is 0 Å². The number of nitrogens with zero attached hydrogens (tertiary/aromatic N) is 3. The minimum Gasteiger partial charge on any atom is -0.382 e. The predicted molar refractivity (Wildman–Crippen MR) is 184 cm³/mol. The first-order valence-corrected chi connectivity index (χ1v) is 17.0. The molecule has 0 aliphatic carbocycles. The molecule has 0 spiro atoms. The molecule has 0 radical (unpaired) electrons. The van der Waals surface area contributed by atoms with Gasteiger partial charge in [0.2, 0.25) is 0 Å². The van der Waals surface area contributed by atoms with Gasteiger partial charge in [0, 0.05) is 13.5 Å². The van der Waals surface area contributed by atoms with Crippen LogP contribution in [-0.2, 0) is 52.2 Å². The van der Waals surface area contributed by atoms with Crippen LogP contribution in [0.3, 0.4) is 0 Å². The third-order valence-electron chi connectivity index (χ3n) is 5.77. The molecule has 0 bridgehead atoms. The second-order valence-corrected chi connectivity index (χ2v) is 13.6. The van der Waals surface area contributed by atoms with Crippen LogP contribution in [0.5, 0.6) is 0 Å². The van der Waals surface area contributed by atoms with E-state index in [1.807, 2.05) is 21.1 Å². The van der Waals surface area contributed by atoms with E-state index in [0.717, 1.165) is 8.97 Å². The van der Waals surface area contributed by atoms with E-state index in [1.54, 1.807) is 7.11 Å². The molecule has 14 heteroatoms. The minimum atomic E-state index is 0.464. The van der Waals surface area contributed by atoms with Crippen molar-refractivity contribution >= 4 is 0 Å². The highest BCUT2D eigenvalue weighted by Gasteiger charge is 2.11. The number of hydroxylamine groups is 3. The standard InChI is InChI=1S/C24H52NO11.C9H24N2/c1-25(2,3)36-24-23-35-22-21-34-20-19-33-18-17-32-16-15-31-14-13-30-12-11-29-10-9-28-8-7-27-6-5-26-4;1-10(2,3)8-7-9-11(4,5)6/h5-24H2,1-4H3;7-9H2,1-6H3/q+1;+2. The average Bonchev–Trinajstić information content (AvgIpc) is 2.96. The van der Waals surface area contributed by atoms with Gasteiger partial charge >= 0.3 is 0 Å². The SMILES string of the molecule is COCCOCCOCCOCCOCCOCCOCCOCCOCCOCCO[N+](C)(C)C.C[N+](C)(C)CCC[N+](C)(C)C. The molecule has 0 aromatic rings. The summed E-state index contributed by atoms with van der Waals surface area (Å²) >= 11 is 0. The molecule has 0 aliphatic rings. The van der Waals surface area contributed by atoms with E-state index in [9.17, 15) is 0 Å². The molecule has 0 aromatic heterocycles. The van der Waals surface area contributed by atoms with Crippen molar-refractivity contribution in [1.82, 2.24) is 0 Å². The van der Waals surface area contributed by atoms with Crippen molar-refractivity contribution in [2.75, 3.05) is 216 Å². The van der Waals surface area contributed by atoms with Crippen LogP contribution >= 0.6 is 0 Å². The summed E-state index contributed by atoms with van der Waals surface area (Å²) in [6, 6.07) is 0. The van der Waals surface area contributed by atoms with Crippen LogP contribution < -0.4 is 0 Å². The Morgan fingerprint density at radius 2 is 0.511 bits per heavy atom. The quantitative estimate of drug-likeness (QED) is 0.0545. The Bertz CT molecular complexity index is 602. The van der Waals surface area contributed by atoms with Gasteiger partial charge in [0.1, 0.15) is 6.61 Å². The molecule has 0 saturated heterocycles. The zero-order chi connectivity index (χ0) is 35.5. The van der Waals surface area contributed by atoms with Crippen molar-refractivity contribution in [1.29, 1.82) is 0 Å². The van der Waals surface area contributed by atoms with Crippen molar-refractivity contribution < 1.29 is 65.8 Å². The highest BCUT2D eigenvalue weighted by molar-refractivity contribution is 4.38. The Morgan fingerprint density at radius 1 is 0.298 bits per heavy atom. The maximum Gasteiger partial charge on any atom is 0.129 e. The van der Waals surface area contributed by atoms with Gasteiger partial charge in [0.25, 0.3) is 0 Å². The van der Waals surface area contributed by atoms with E-state index < -0.39 is 0 Å². The number of ether oxygens (including phenoxy) is 10. The molecule has 0 unspecified atom stereocenters. The molecule has 0 saturated carbocycles. The first kappa shape index (κ1) is 48.6. The van der Waals surface area contributed by atoms with Crippen LogP contribution in [0.15, 0.2) is 0 Å². The Kier molecular flexibility index (Phi) is 35.0. The van der Waals surface area contributed by atoms with Gasteiger partial charge in [-0.3, -0.25) is 0 Å². The van der Waals surface area contributed by atoms with Crippen LogP contribution in [0.25, 0.3) is 0 Å². The lowest BCUT2D eigenvalue weighted by Crippen LogP contribution is -2.40. The van der Waals surface area contributed by atoms with Gasteiger partial charge < -0.3 is 56.3 Å². The molecule has 47 heavy (non-hydrogen) atoms. The molecule has 14 nitrogen and oxygen atoms in total. The highest BCUT2D eigenvalue weighted by Crippen LogP contribution is 1.98. The molecular weight excluding hydrogens is 614 g/mol. The van der Waals surface area contributed by atoms with E-state index in [4.69, 9.17) is 52.2 Å². The van der Waals surface area contributed by atoms with Crippen molar-refractivity contribution in [2.45, 2.75) is 6.42 Å². The van der Waals surface area contributed by atoms with E-state index in [1.165, 1.54) is 19.5 Å². The summed E-state index contributed by atoms with van der Waals surface area (Å²) < 4.78 is 56.3. The van der Waals surface area contributed by atoms with Crippen LogP contribution in [0.4, 0.5) is 0 Å². The summed E-state index contributed by atoms with van der Waals surface area (Å²) in [5, 5.41) is 0. The van der Waals surface area contributed by atoms with Crippen LogP contribution in [-0.4, -0.2) is 229 Å². The second-order valence-electron chi connectivity index (χ2n) is 13.6. The van der Waals surface area contributed by atoms with Gasteiger partial charge in [-0.15, -0.1) is 0 Å². The molecule has 0 amide bonds. The van der Waals surface area contributed by atoms with Crippen molar-refractivity contribution in [3.05, 3.63) is 0 Å². The van der Waals surface area contributed by atoms with Gasteiger partial charge in [-0.1, -0.05) is 0 Å². The summed E-state index contributed by atoms with van der Waals surface area (Å²) in [4.78, 5) is 5.50. The minimum absolute atomic E-state index is 0.464. The smallest absolute Gasteiger partial charge is 0.129 e. The van der Waals surface area contributed by atoms with Crippen LogP contribution in [0, 0.1) is 0 Å². The molecule has 0 rings (SSSR count). The average molecular weight is 691 g/mol. The molecule has 0 aliphatic heterocycles. The molecule has 0 heterocycles. The van der Waals surface area contributed by atoms with Gasteiger partial charge in [-0.2, -0.15) is 4.65 Å². The number of hydrogen-bond donors (Lipinski definition) is 0. The first-order chi connectivity index (χ1) is 22.3. The molecule has 0 atom stereocenters. The third kappa shape index (κ3) is 52.4. The van der Waals surface area contributed by atoms with E-state index in [0.29, 0.717) is 137 Å². The van der Waals surface area contributed by atoms with Gasteiger partial charge in [-0.25, -0.2) is 4.84 Å². The Hall–Kier alpha value is -0.560. The number of quaternary nitrogens is 3. The van der Waals surface area contributed by atoms with E-state index in [2.05, 4.69) is 42.3 Å². The summed E-state index contributed by atoms with van der Waals surface area (Å²) in [5.41, 5.74) is 0. The number of hydrogen-bond acceptors (Lipinski definition) is 11. The van der Waals surface area contributed by atoms with Gasteiger partial charge in [-0.05, 0) is 0 Å². The van der Waals surface area contributed by atoms with Gasteiger partial charge in [0.05, 0.1) is 202 Å². The maximum absolute atomic E-state index is 5.50. The Morgan fingerprint density at radius 3 is 0.702 bits per heavy atom. The van der Waals surface area contributed by atoms with E-state index in [-0.39, 0.29) is 0 Å². The lowest BCUT2D eigenvalue weighted by atomic mass is 10.3. The van der Waals surface area contributed by atoms with E-state index >= 15 is 0 Å². The second kappa shape index (κ2) is 33.9. The lowest BCUT2D eigenvalue weighted by Gasteiger charge is -2.28. The molecular formula is C33H76N3O11+3.